The van der Waals surface area contributed by atoms with Crippen LogP contribution in [0.15, 0.2) is 29.3 Å². The van der Waals surface area contributed by atoms with Gasteiger partial charge in [-0.15, -0.1) is 0 Å². The van der Waals surface area contributed by atoms with E-state index in [1.807, 2.05) is 37.3 Å². The van der Waals surface area contributed by atoms with Crippen molar-refractivity contribution in [3.05, 3.63) is 35.4 Å². The molecule has 0 bridgehead atoms. The third kappa shape index (κ3) is 5.25. The zero-order chi connectivity index (χ0) is 16.0. The quantitative estimate of drug-likeness (QED) is 0.541. The number of halogens is 2. The van der Waals surface area contributed by atoms with Crippen molar-refractivity contribution in [1.29, 1.82) is 5.26 Å². The minimum atomic E-state index is -1.61. The molecule has 6 heteroatoms. The highest BCUT2D eigenvalue weighted by molar-refractivity contribution is 9.39. The van der Waals surface area contributed by atoms with Crippen LogP contribution in [0.25, 0.3) is 0 Å². The van der Waals surface area contributed by atoms with E-state index in [1.165, 1.54) is 0 Å². The molecule has 1 aromatic carbocycles. The van der Waals surface area contributed by atoms with Gasteiger partial charge in [-0.1, -0.05) is 29.8 Å². The Bertz CT molecular complexity index is 572. The van der Waals surface area contributed by atoms with Crippen LogP contribution in [-0.2, 0) is 16.0 Å². The fourth-order valence-corrected chi connectivity index (χ4v) is 2.33. The van der Waals surface area contributed by atoms with Crippen LogP contribution in [0.1, 0.15) is 25.0 Å². The predicted octanol–water partition coefficient (Wildman–Crippen LogP) is 3.90. The second-order valence-electron chi connectivity index (χ2n) is 4.94. The summed E-state index contributed by atoms with van der Waals surface area (Å²) in [5.74, 6) is -0.656. The predicted molar refractivity (Wildman–Crippen MR) is 89.7 cm³/mol. The summed E-state index contributed by atoms with van der Waals surface area (Å²) in [4.78, 5) is 16.4. The minimum absolute atomic E-state index is 0.149. The van der Waals surface area contributed by atoms with Gasteiger partial charge in [-0.2, -0.15) is 5.26 Å². The third-order valence-corrected chi connectivity index (χ3v) is 3.08. The first-order valence-corrected chi connectivity index (χ1v) is 7.96. The molecule has 0 heterocycles. The lowest BCUT2D eigenvalue weighted by Crippen LogP contribution is -2.40. The number of hydrogen-bond donors (Lipinski definition) is 0. The lowest BCUT2D eigenvalue weighted by Gasteiger charge is -2.22. The first-order chi connectivity index (χ1) is 9.79. The number of aliphatic imine (C=N–C) groups is 1. The lowest BCUT2D eigenvalue weighted by atomic mass is 9.92. The molecular formula is C15H16Br2N2O2. The number of ether oxygens (including phenoxy) is 1. The number of carbonyl (C=O) groups excluding carboxylic acids is 1. The maximum absolute atomic E-state index is 12.3. The molecule has 1 aromatic rings. The number of nitrogens with zero attached hydrogens (tertiary/aromatic N) is 2. The van der Waals surface area contributed by atoms with Gasteiger partial charge in [-0.25, -0.2) is 9.79 Å². The van der Waals surface area contributed by atoms with Gasteiger partial charge < -0.3 is 4.74 Å². The van der Waals surface area contributed by atoms with Gasteiger partial charge in [-0.3, -0.25) is 0 Å². The summed E-state index contributed by atoms with van der Waals surface area (Å²) in [5, 5.41) is 9.53. The summed E-state index contributed by atoms with van der Waals surface area (Å²) in [6, 6.07) is 9.60. The van der Waals surface area contributed by atoms with Crippen LogP contribution < -0.4 is 0 Å². The number of aryl methyl sites for hydroxylation is 1. The molecule has 112 valence electrons. The minimum Gasteiger partial charge on any atom is -0.460 e. The lowest BCUT2D eigenvalue weighted by molar-refractivity contribution is -0.151. The summed E-state index contributed by atoms with van der Waals surface area (Å²) in [7, 11) is 0. The second-order valence-corrected chi connectivity index (χ2v) is 7.51. The highest BCUT2D eigenvalue weighted by Crippen LogP contribution is 2.23. The van der Waals surface area contributed by atoms with E-state index < -0.39 is 11.5 Å². The molecule has 0 aliphatic heterocycles. The first-order valence-electron chi connectivity index (χ1n) is 6.38. The molecule has 0 fully saturated rings. The van der Waals surface area contributed by atoms with Gasteiger partial charge in [0.25, 0.3) is 0 Å². The Labute approximate surface area is 141 Å². The molecule has 0 amide bonds. The Morgan fingerprint density at radius 3 is 2.38 bits per heavy atom. The topological polar surface area (TPSA) is 62.5 Å². The van der Waals surface area contributed by atoms with E-state index in [2.05, 4.69) is 36.9 Å². The highest BCUT2D eigenvalue weighted by atomic mass is 79.9. The average molecular weight is 416 g/mol. The number of rotatable bonds is 5. The van der Waals surface area contributed by atoms with E-state index in [1.54, 1.807) is 13.8 Å². The maximum atomic E-state index is 12.3. The van der Waals surface area contributed by atoms with Gasteiger partial charge in [0, 0.05) is 6.42 Å². The van der Waals surface area contributed by atoms with Crippen molar-refractivity contribution in [3.8, 4) is 6.07 Å². The highest BCUT2D eigenvalue weighted by Gasteiger charge is 2.41. The Hall–Kier alpha value is -1.19. The first kappa shape index (κ1) is 17.9. The van der Waals surface area contributed by atoms with Crippen molar-refractivity contribution in [2.75, 3.05) is 0 Å². The van der Waals surface area contributed by atoms with Gasteiger partial charge in [-0.05, 0) is 58.2 Å². The Balaban J connectivity index is 3.18. The van der Waals surface area contributed by atoms with Crippen molar-refractivity contribution >= 4 is 41.4 Å². The number of carbonyl (C=O) groups is 1. The number of hydrogen-bond acceptors (Lipinski definition) is 4. The molecule has 1 unspecified atom stereocenters. The molecule has 21 heavy (non-hydrogen) atoms. The standard InChI is InChI=1S/C15H16Br2N2O2/c1-10(2)21-13(20)15(9-18,19-14(16)17)8-12-6-4-11(3)5-7-12/h4-7,10H,8H2,1-3H3. The molecule has 0 aliphatic rings. The molecule has 0 aromatic heterocycles. The molecular weight excluding hydrogens is 400 g/mol. The van der Waals surface area contributed by atoms with Gasteiger partial charge in [0.2, 0.25) is 5.54 Å². The van der Waals surface area contributed by atoms with Crippen molar-refractivity contribution < 1.29 is 9.53 Å². The molecule has 0 saturated carbocycles. The van der Waals surface area contributed by atoms with Gasteiger partial charge in [0.05, 0.1) is 6.10 Å². The number of nitriles is 1. The van der Waals surface area contributed by atoms with E-state index in [9.17, 15) is 10.1 Å². The zero-order valence-corrected chi connectivity index (χ0v) is 15.2. The van der Waals surface area contributed by atoms with Crippen molar-refractivity contribution in [2.24, 2.45) is 4.99 Å². The van der Waals surface area contributed by atoms with Gasteiger partial charge >= 0.3 is 5.97 Å². The van der Waals surface area contributed by atoms with E-state index in [0.717, 1.165) is 11.1 Å². The van der Waals surface area contributed by atoms with Crippen LogP contribution in [0, 0.1) is 18.3 Å². The number of esters is 1. The molecule has 0 aliphatic carbocycles. The van der Waals surface area contributed by atoms with E-state index in [-0.39, 0.29) is 12.5 Å². The molecule has 1 atom stereocenters. The largest absolute Gasteiger partial charge is 0.460 e. The van der Waals surface area contributed by atoms with Crippen molar-refractivity contribution in [3.63, 3.8) is 0 Å². The van der Waals surface area contributed by atoms with Crippen LogP contribution in [0.5, 0.6) is 0 Å². The summed E-state index contributed by atoms with van der Waals surface area (Å²) < 4.78 is 5.49. The second kappa shape index (κ2) is 7.71. The fraction of sp³-hybridized carbons (Fsp3) is 0.400. The Morgan fingerprint density at radius 1 is 1.38 bits per heavy atom. The van der Waals surface area contributed by atoms with Crippen LogP contribution in [0.4, 0.5) is 0 Å². The molecule has 4 nitrogen and oxygen atoms in total. The molecule has 0 saturated heterocycles. The van der Waals surface area contributed by atoms with Crippen molar-refractivity contribution in [2.45, 2.75) is 38.8 Å². The van der Waals surface area contributed by atoms with Crippen molar-refractivity contribution in [1.82, 2.24) is 0 Å². The monoisotopic (exact) mass is 414 g/mol. The maximum Gasteiger partial charge on any atom is 0.349 e. The van der Waals surface area contributed by atoms with E-state index >= 15 is 0 Å². The van der Waals surface area contributed by atoms with Crippen LogP contribution in [0.3, 0.4) is 0 Å². The normalized spacial score (nSPS) is 13.2. The number of benzene rings is 1. The Morgan fingerprint density at radius 2 is 1.95 bits per heavy atom. The molecule has 0 radical (unpaired) electrons. The van der Waals surface area contributed by atoms with E-state index in [0.29, 0.717) is 3.53 Å². The van der Waals surface area contributed by atoms with Crippen LogP contribution >= 0.6 is 31.9 Å². The smallest absolute Gasteiger partial charge is 0.349 e. The molecule has 0 spiro atoms. The SMILES string of the molecule is Cc1ccc(CC(C#N)(N=C(Br)Br)C(=O)OC(C)C)cc1. The summed E-state index contributed by atoms with van der Waals surface area (Å²) in [6.07, 6.45) is -0.164. The van der Waals surface area contributed by atoms with E-state index in [4.69, 9.17) is 4.74 Å². The summed E-state index contributed by atoms with van der Waals surface area (Å²) in [6.45, 7) is 5.44. The summed E-state index contributed by atoms with van der Waals surface area (Å²) >= 11 is 6.24. The summed E-state index contributed by atoms with van der Waals surface area (Å²) in [5.41, 5.74) is 0.339. The molecule has 0 N–H and O–H groups in total. The Kier molecular flexibility index (Phi) is 6.56. The fourth-order valence-electron chi connectivity index (χ4n) is 1.72. The average Bonchev–Trinajstić information content (AvgIpc) is 2.39. The van der Waals surface area contributed by atoms with Gasteiger partial charge in [0.15, 0.2) is 0 Å². The third-order valence-electron chi connectivity index (χ3n) is 2.72. The van der Waals surface area contributed by atoms with Crippen LogP contribution in [-0.4, -0.2) is 21.1 Å². The van der Waals surface area contributed by atoms with Gasteiger partial charge in [0.1, 0.15) is 9.60 Å². The van der Waals surface area contributed by atoms with Crippen LogP contribution in [0.2, 0.25) is 0 Å². The molecule has 1 rings (SSSR count). The zero-order valence-electron chi connectivity index (χ0n) is 12.1.